The summed E-state index contributed by atoms with van der Waals surface area (Å²) in [6.45, 7) is 7.36. The summed E-state index contributed by atoms with van der Waals surface area (Å²) in [5, 5.41) is 20.8. The quantitative estimate of drug-likeness (QED) is 0.785. The molecule has 4 rings (SSSR count). The number of Topliss-reactive ketones (excluding diaryl/α,β-unsaturated/α-hetero) is 1. The highest BCUT2D eigenvalue weighted by atomic mass is 16.3. The average molecular weight is 363 g/mol. The standard InChI is InChI=1S/C23H38O3/c1-15-13-17(25)14-16-5-6-18-19-8-11-23(26,9-4-12-24)21(19,2)10-7-20(18)22(15,16)3/h15-16,18-20,24,26H,4-14H2,1-3H3/t15?,16?,18-,19-,20+,21-,22-,23?/m0/s1. The normalized spacial score (nSPS) is 53.7. The van der Waals surface area contributed by atoms with Crippen LogP contribution in [-0.2, 0) is 4.79 Å². The molecule has 8 atom stereocenters. The van der Waals surface area contributed by atoms with Crippen LogP contribution >= 0.6 is 0 Å². The monoisotopic (exact) mass is 362 g/mol. The number of hydrogen-bond acceptors (Lipinski definition) is 3. The van der Waals surface area contributed by atoms with Gasteiger partial charge in [0.25, 0.3) is 0 Å². The van der Waals surface area contributed by atoms with Crippen molar-refractivity contribution in [2.24, 2.45) is 40.4 Å². The first-order chi connectivity index (χ1) is 12.3. The van der Waals surface area contributed by atoms with Gasteiger partial charge < -0.3 is 10.2 Å². The van der Waals surface area contributed by atoms with Gasteiger partial charge in [-0.1, -0.05) is 20.8 Å². The van der Waals surface area contributed by atoms with Gasteiger partial charge in [0.1, 0.15) is 5.78 Å². The van der Waals surface area contributed by atoms with Crippen LogP contribution < -0.4 is 0 Å². The Morgan fingerprint density at radius 2 is 1.77 bits per heavy atom. The molecule has 0 amide bonds. The summed E-state index contributed by atoms with van der Waals surface area (Å²) < 4.78 is 0. The zero-order valence-electron chi connectivity index (χ0n) is 17.0. The van der Waals surface area contributed by atoms with Crippen LogP contribution in [0.1, 0.15) is 85.0 Å². The van der Waals surface area contributed by atoms with Gasteiger partial charge >= 0.3 is 0 Å². The zero-order chi connectivity index (χ0) is 18.7. The summed E-state index contributed by atoms with van der Waals surface area (Å²) in [5.74, 6) is 3.63. The van der Waals surface area contributed by atoms with Crippen molar-refractivity contribution in [2.45, 2.75) is 90.6 Å². The van der Waals surface area contributed by atoms with Crippen LogP contribution in [0.25, 0.3) is 0 Å². The number of aliphatic hydroxyl groups excluding tert-OH is 1. The van der Waals surface area contributed by atoms with Crippen molar-refractivity contribution in [1.29, 1.82) is 0 Å². The molecule has 148 valence electrons. The number of carbonyl (C=O) groups is 1. The molecule has 4 aliphatic carbocycles. The Kier molecular flexibility index (Phi) is 4.59. The summed E-state index contributed by atoms with van der Waals surface area (Å²) in [5.41, 5.74) is -0.262. The smallest absolute Gasteiger partial charge is 0.133 e. The highest BCUT2D eigenvalue weighted by Crippen LogP contribution is 2.69. The van der Waals surface area contributed by atoms with E-state index in [-0.39, 0.29) is 12.0 Å². The molecule has 0 heterocycles. The van der Waals surface area contributed by atoms with Crippen LogP contribution in [0.5, 0.6) is 0 Å². The molecule has 0 aromatic carbocycles. The Morgan fingerprint density at radius 1 is 1.04 bits per heavy atom. The highest BCUT2D eigenvalue weighted by molar-refractivity contribution is 5.80. The van der Waals surface area contributed by atoms with Crippen LogP contribution in [0.2, 0.25) is 0 Å². The summed E-state index contributed by atoms with van der Waals surface area (Å²) in [4.78, 5) is 12.2. The average Bonchev–Trinajstić information content (AvgIpc) is 2.86. The second kappa shape index (κ2) is 6.30. The number of ketones is 1. The summed E-state index contributed by atoms with van der Waals surface area (Å²) in [7, 11) is 0. The van der Waals surface area contributed by atoms with E-state index >= 15 is 0 Å². The van der Waals surface area contributed by atoms with Gasteiger partial charge in [-0.2, -0.15) is 0 Å². The second-order valence-corrected chi connectivity index (χ2v) is 10.7. The minimum absolute atomic E-state index is 0.0141. The maximum atomic E-state index is 12.2. The third kappa shape index (κ3) is 2.42. The molecule has 3 heteroatoms. The van der Waals surface area contributed by atoms with Crippen molar-refractivity contribution >= 4 is 5.78 Å². The van der Waals surface area contributed by atoms with E-state index in [1.54, 1.807) is 0 Å². The molecule has 0 aromatic rings. The van der Waals surface area contributed by atoms with Crippen molar-refractivity contribution in [3.8, 4) is 0 Å². The molecule has 4 saturated carbocycles. The topological polar surface area (TPSA) is 57.5 Å². The Hall–Kier alpha value is -0.410. The van der Waals surface area contributed by atoms with Crippen LogP contribution in [0.4, 0.5) is 0 Å². The first-order valence-corrected chi connectivity index (χ1v) is 11.1. The van der Waals surface area contributed by atoms with Crippen LogP contribution in [0.3, 0.4) is 0 Å². The lowest BCUT2D eigenvalue weighted by Crippen LogP contribution is -2.58. The van der Waals surface area contributed by atoms with E-state index in [9.17, 15) is 15.0 Å². The molecule has 0 radical (unpaired) electrons. The first-order valence-electron chi connectivity index (χ1n) is 11.1. The van der Waals surface area contributed by atoms with Gasteiger partial charge in [-0.05, 0) is 91.8 Å². The first kappa shape index (κ1) is 18.9. The Morgan fingerprint density at radius 3 is 2.50 bits per heavy atom. The molecule has 3 unspecified atom stereocenters. The third-order valence-electron chi connectivity index (χ3n) is 10.1. The number of fused-ring (bicyclic) bond motifs is 5. The molecule has 3 nitrogen and oxygen atoms in total. The van der Waals surface area contributed by atoms with Gasteiger partial charge in [-0.15, -0.1) is 0 Å². The Labute approximate surface area is 158 Å². The van der Waals surface area contributed by atoms with Crippen molar-refractivity contribution in [3.05, 3.63) is 0 Å². The highest BCUT2D eigenvalue weighted by Gasteiger charge is 2.65. The second-order valence-electron chi connectivity index (χ2n) is 10.7. The van der Waals surface area contributed by atoms with Gasteiger partial charge in [-0.3, -0.25) is 4.79 Å². The van der Waals surface area contributed by atoms with E-state index < -0.39 is 5.60 Å². The van der Waals surface area contributed by atoms with E-state index in [0.717, 1.165) is 44.4 Å². The van der Waals surface area contributed by atoms with Crippen LogP contribution in [0.15, 0.2) is 0 Å². The fourth-order valence-corrected chi connectivity index (χ4v) is 8.37. The maximum Gasteiger partial charge on any atom is 0.133 e. The molecule has 0 aromatic heterocycles. The lowest BCUT2D eigenvalue weighted by atomic mass is 9.42. The predicted molar refractivity (Wildman–Crippen MR) is 103 cm³/mol. The molecule has 26 heavy (non-hydrogen) atoms. The molecular weight excluding hydrogens is 324 g/mol. The SMILES string of the molecule is CC1CC(=O)CC2CC[C@@H]3[C@@H](CC[C@@]4(C)[C@H]3CCC4(O)CCCO)[C@@]12C. The molecule has 0 saturated heterocycles. The maximum absolute atomic E-state index is 12.2. The number of rotatable bonds is 3. The minimum Gasteiger partial charge on any atom is -0.396 e. The summed E-state index contributed by atoms with van der Waals surface area (Å²) in [6.07, 6.45) is 9.89. The van der Waals surface area contributed by atoms with Gasteiger partial charge in [-0.25, -0.2) is 0 Å². The number of carbonyl (C=O) groups excluding carboxylic acids is 1. The van der Waals surface area contributed by atoms with Crippen molar-refractivity contribution in [2.75, 3.05) is 6.61 Å². The van der Waals surface area contributed by atoms with E-state index in [0.29, 0.717) is 41.3 Å². The lowest BCUT2D eigenvalue weighted by molar-refractivity contribution is -0.170. The van der Waals surface area contributed by atoms with E-state index in [1.165, 1.54) is 19.3 Å². The molecule has 4 aliphatic rings. The van der Waals surface area contributed by atoms with E-state index in [2.05, 4.69) is 20.8 Å². The molecule has 0 bridgehead atoms. The number of hydrogen-bond donors (Lipinski definition) is 2. The lowest BCUT2D eigenvalue weighted by Gasteiger charge is -2.62. The van der Waals surface area contributed by atoms with Gasteiger partial charge in [0.15, 0.2) is 0 Å². The van der Waals surface area contributed by atoms with Crippen molar-refractivity contribution in [1.82, 2.24) is 0 Å². The minimum atomic E-state index is -0.586. The van der Waals surface area contributed by atoms with E-state index in [4.69, 9.17) is 0 Å². The molecule has 4 fully saturated rings. The fourth-order valence-electron chi connectivity index (χ4n) is 8.37. The van der Waals surface area contributed by atoms with Gasteiger partial charge in [0, 0.05) is 19.4 Å². The number of aliphatic hydroxyl groups is 2. The largest absolute Gasteiger partial charge is 0.396 e. The predicted octanol–water partition coefficient (Wildman–Crippen LogP) is 4.35. The molecule has 0 aliphatic heterocycles. The van der Waals surface area contributed by atoms with Crippen LogP contribution in [-0.4, -0.2) is 28.2 Å². The van der Waals surface area contributed by atoms with Crippen LogP contribution in [0, 0.1) is 40.4 Å². The van der Waals surface area contributed by atoms with E-state index in [1.807, 2.05) is 0 Å². The van der Waals surface area contributed by atoms with Gasteiger partial charge in [0.05, 0.1) is 5.60 Å². The molecule has 2 N–H and O–H groups in total. The zero-order valence-corrected chi connectivity index (χ0v) is 17.0. The molecular formula is C23H38O3. The molecule has 0 spiro atoms. The Bertz CT molecular complexity index is 574. The fraction of sp³-hybridized carbons (Fsp3) is 0.957. The van der Waals surface area contributed by atoms with Crippen molar-refractivity contribution in [3.63, 3.8) is 0 Å². The van der Waals surface area contributed by atoms with Crippen molar-refractivity contribution < 1.29 is 15.0 Å². The Balaban J connectivity index is 1.62. The third-order valence-corrected chi connectivity index (χ3v) is 10.1. The van der Waals surface area contributed by atoms with Gasteiger partial charge in [0.2, 0.25) is 0 Å². The summed E-state index contributed by atoms with van der Waals surface area (Å²) in [6, 6.07) is 0. The summed E-state index contributed by atoms with van der Waals surface area (Å²) >= 11 is 0.